The van der Waals surface area contributed by atoms with Gasteiger partial charge < -0.3 is 5.32 Å². The van der Waals surface area contributed by atoms with Gasteiger partial charge in [0.15, 0.2) is 0 Å². The van der Waals surface area contributed by atoms with Crippen molar-refractivity contribution in [2.45, 2.75) is 44.7 Å². The quantitative estimate of drug-likeness (QED) is 0.482. The third-order valence-electron chi connectivity index (χ3n) is 2.59. The van der Waals surface area contributed by atoms with E-state index < -0.39 is 0 Å². The Morgan fingerprint density at radius 1 is 1.08 bits per heavy atom. The summed E-state index contributed by atoms with van der Waals surface area (Å²) in [6.07, 6.45) is 4.34. The van der Waals surface area contributed by atoms with Gasteiger partial charge in [0.05, 0.1) is 6.17 Å². The molecule has 0 aromatic heterocycles. The molecule has 4 nitrogen and oxygen atoms in total. The Morgan fingerprint density at radius 3 is 2.46 bits per heavy atom. The molecule has 0 bridgehead atoms. The fraction of sp³-hybridized carbons (Fsp3) is 1.00. The van der Waals surface area contributed by atoms with E-state index in [9.17, 15) is 0 Å². The average molecular weight is 186 g/mol. The lowest BCUT2D eigenvalue weighted by Crippen LogP contribution is -2.60. The van der Waals surface area contributed by atoms with E-state index in [1.165, 1.54) is 19.3 Å². The van der Waals surface area contributed by atoms with Crippen LogP contribution in [0.1, 0.15) is 26.2 Å². The Kier molecular flexibility index (Phi) is 4.66. The van der Waals surface area contributed by atoms with Gasteiger partial charge in [0, 0.05) is 6.04 Å². The number of hydrogen-bond donors (Lipinski definition) is 4. The molecule has 0 aromatic rings. The van der Waals surface area contributed by atoms with Crippen LogP contribution < -0.4 is 21.3 Å². The van der Waals surface area contributed by atoms with Crippen LogP contribution in [0.15, 0.2) is 0 Å². The molecule has 3 atom stereocenters. The summed E-state index contributed by atoms with van der Waals surface area (Å²) < 4.78 is 0. The summed E-state index contributed by atoms with van der Waals surface area (Å²) in [6, 6.07) is 0.586. The molecule has 1 heterocycles. The number of hydrogen-bond acceptors (Lipinski definition) is 4. The molecule has 1 rings (SSSR count). The van der Waals surface area contributed by atoms with Crippen molar-refractivity contribution in [1.82, 2.24) is 21.3 Å². The molecule has 4 N–H and O–H groups in total. The van der Waals surface area contributed by atoms with Crippen LogP contribution >= 0.6 is 0 Å². The molecule has 13 heavy (non-hydrogen) atoms. The van der Waals surface area contributed by atoms with Gasteiger partial charge in [-0.05, 0) is 40.3 Å². The fourth-order valence-corrected chi connectivity index (χ4v) is 1.72. The van der Waals surface area contributed by atoms with Gasteiger partial charge in [0.25, 0.3) is 0 Å². The normalized spacial score (nSPS) is 36.7. The fourth-order valence-electron chi connectivity index (χ4n) is 1.72. The summed E-state index contributed by atoms with van der Waals surface area (Å²) in [4.78, 5) is 0. The van der Waals surface area contributed by atoms with Crippen molar-refractivity contribution in [3.8, 4) is 0 Å². The lowest BCUT2D eigenvalue weighted by molar-refractivity contribution is 0.247. The van der Waals surface area contributed by atoms with Crippen molar-refractivity contribution < 1.29 is 0 Å². The monoisotopic (exact) mass is 186 g/mol. The largest absolute Gasteiger partial charge is 0.305 e. The molecule has 0 aliphatic carbocycles. The van der Waals surface area contributed by atoms with Crippen LogP contribution in [0.4, 0.5) is 0 Å². The van der Waals surface area contributed by atoms with Gasteiger partial charge in [0.1, 0.15) is 6.29 Å². The zero-order chi connectivity index (χ0) is 9.68. The highest BCUT2D eigenvalue weighted by Gasteiger charge is 2.17. The van der Waals surface area contributed by atoms with Gasteiger partial charge in [-0.3, -0.25) is 16.0 Å². The van der Waals surface area contributed by atoms with Gasteiger partial charge in [0.2, 0.25) is 0 Å². The smallest absolute Gasteiger partial charge is 0.113 e. The van der Waals surface area contributed by atoms with Gasteiger partial charge in [-0.2, -0.15) is 0 Å². The maximum absolute atomic E-state index is 3.47. The van der Waals surface area contributed by atoms with Gasteiger partial charge >= 0.3 is 0 Å². The molecule has 4 heteroatoms. The summed E-state index contributed by atoms with van der Waals surface area (Å²) in [7, 11) is 3.96. The predicted octanol–water partition coefficient (Wildman–Crippen LogP) is -0.213. The molecule has 3 unspecified atom stereocenters. The third kappa shape index (κ3) is 3.60. The first-order chi connectivity index (χ1) is 6.26. The molecular formula is C9H22N4. The SMILES string of the molecule is CNC1CCCC(C)NC(NC)N1. The topological polar surface area (TPSA) is 48.1 Å². The average Bonchev–Trinajstić information content (AvgIpc) is 2.10. The van der Waals surface area contributed by atoms with Crippen LogP contribution in [0.2, 0.25) is 0 Å². The van der Waals surface area contributed by atoms with E-state index >= 15 is 0 Å². The highest BCUT2D eigenvalue weighted by molar-refractivity contribution is 4.75. The van der Waals surface area contributed by atoms with Crippen molar-refractivity contribution in [3.63, 3.8) is 0 Å². The second kappa shape index (κ2) is 5.54. The highest BCUT2D eigenvalue weighted by atomic mass is 15.3. The first-order valence-corrected chi connectivity index (χ1v) is 5.13. The van der Waals surface area contributed by atoms with E-state index in [1.54, 1.807) is 0 Å². The van der Waals surface area contributed by atoms with Crippen LogP contribution in [-0.4, -0.2) is 32.6 Å². The molecule has 0 aromatic carbocycles. The van der Waals surface area contributed by atoms with Gasteiger partial charge in [-0.25, -0.2) is 0 Å². The summed E-state index contributed by atoms with van der Waals surface area (Å²) in [5.41, 5.74) is 0. The zero-order valence-electron chi connectivity index (χ0n) is 8.85. The Morgan fingerprint density at radius 2 is 1.85 bits per heavy atom. The van der Waals surface area contributed by atoms with Gasteiger partial charge in [-0.15, -0.1) is 0 Å². The molecule has 0 saturated carbocycles. The van der Waals surface area contributed by atoms with Crippen molar-refractivity contribution >= 4 is 0 Å². The van der Waals surface area contributed by atoms with Crippen LogP contribution in [0, 0.1) is 0 Å². The maximum Gasteiger partial charge on any atom is 0.113 e. The Hall–Kier alpha value is -0.160. The summed E-state index contributed by atoms with van der Waals surface area (Å²) in [5.74, 6) is 0. The second-order valence-electron chi connectivity index (χ2n) is 3.73. The number of rotatable bonds is 2. The van der Waals surface area contributed by atoms with E-state index in [4.69, 9.17) is 0 Å². The molecule has 1 fully saturated rings. The highest BCUT2D eigenvalue weighted by Crippen LogP contribution is 2.06. The van der Waals surface area contributed by atoms with E-state index in [-0.39, 0.29) is 6.29 Å². The van der Waals surface area contributed by atoms with E-state index in [2.05, 4.69) is 28.2 Å². The standard InChI is InChI=1S/C9H22N4/c1-7-5-4-6-8(10-2)13-9(11-3)12-7/h7-13H,4-6H2,1-3H3. The summed E-state index contributed by atoms with van der Waals surface area (Å²) in [5, 5.41) is 13.4. The molecule has 1 aliphatic heterocycles. The predicted molar refractivity (Wildman–Crippen MR) is 55.3 cm³/mol. The molecule has 0 spiro atoms. The lowest BCUT2D eigenvalue weighted by Gasteiger charge is -2.31. The third-order valence-corrected chi connectivity index (χ3v) is 2.59. The molecular weight excluding hydrogens is 164 g/mol. The lowest BCUT2D eigenvalue weighted by atomic mass is 10.1. The van der Waals surface area contributed by atoms with Crippen LogP contribution in [-0.2, 0) is 0 Å². The summed E-state index contributed by atoms with van der Waals surface area (Å²) in [6.45, 7) is 2.23. The van der Waals surface area contributed by atoms with E-state index in [1.807, 2.05) is 14.1 Å². The van der Waals surface area contributed by atoms with E-state index in [0.29, 0.717) is 12.2 Å². The molecule has 0 radical (unpaired) electrons. The second-order valence-corrected chi connectivity index (χ2v) is 3.73. The Bertz CT molecular complexity index is 140. The molecule has 1 saturated heterocycles. The minimum Gasteiger partial charge on any atom is -0.305 e. The maximum atomic E-state index is 3.47. The Labute approximate surface area is 80.9 Å². The zero-order valence-corrected chi connectivity index (χ0v) is 8.85. The molecule has 1 aliphatic rings. The minimum absolute atomic E-state index is 0.216. The number of nitrogens with one attached hydrogen (secondary N) is 4. The first kappa shape index (κ1) is 10.9. The van der Waals surface area contributed by atoms with Crippen molar-refractivity contribution in [2.24, 2.45) is 0 Å². The summed E-state index contributed by atoms with van der Waals surface area (Å²) >= 11 is 0. The van der Waals surface area contributed by atoms with Crippen molar-refractivity contribution in [3.05, 3.63) is 0 Å². The van der Waals surface area contributed by atoms with E-state index in [0.717, 1.165) is 0 Å². The van der Waals surface area contributed by atoms with Crippen LogP contribution in [0.5, 0.6) is 0 Å². The van der Waals surface area contributed by atoms with Crippen molar-refractivity contribution in [1.29, 1.82) is 0 Å². The first-order valence-electron chi connectivity index (χ1n) is 5.13. The van der Waals surface area contributed by atoms with Crippen LogP contribution in [0.25, 0.3) is 0 Å². The van der Waals surface area contributed by atoms with Crippen LogP contribution in [0.3, 0.4) is 0 Å². The molecule has 78 valence electrons. The van der Waals surface area contributed by atoms with Gasteiger partial charge in [-0.1, -0.05) is 0 Å². The minimum atomic E-state index is 0.216. The molecule has 0 amide bonds. The van der Waals surface area contributed by atoms with Crippen molar-refractivity contribution in [2.75, 3.05) is 14.1 Å². The Balaban J connectivity index is 2.42.